The molecule has 1 N–H and O–H groups in total. The summed E-state index contributed by atoms with van der Waals surface area (Å²) in [6, 6.07) is 4.03. The van der Waals surface area contributed by atoms with E-state index in [0.717, 1.165) is 41.0 Å². The van der Waals surface area contributed by atoms with Crippen LogP contribution in [0.2, 0.25) is 0 Å². The molecule has 1 aliphatic rings. The molecule has 0 radical (unpaired) electrons. The molecule has 6 nitrogen and oxygen atoms in total. The summed E-state index contributed by atoms with van der Waals surface area (Å²) in [6.45, 7) is 3.73. The highest BCUT2D eigenvalue weighted by atomic mass is 32.1. The van der Waals surface area contributed by atoms with Gasteiger partial charge in [0.05, 0.1) is 11.0 Å². The zero-order chi connectivity index (χ0) is 14.2. The molecule has 0 saturated carbocycles. The van der Waals surface area contributed by atoms with Gasteiger partial charge in [-0.15, -0.1) is 21.5 Å². The first kappa shape index (κ1) is 12.6. The van der Waals surface area contributed by atoms with Crippen molar-refractivity contribution in [2.45, 2.75) is 19.5 Å². The van der Waals surface area contributed by atoms with Gasteiger partial charge < -0.3 is 9.88 Å². The maximum Gasteiger partial charge on any atom is 0.183 e. The summed E-state index contributed by atoms with van der Waals surface area (Å²) < 4.78 is 2.16. The van der Waals surface area contributed by atoms with Gasteiger partial charge in [0.2, 0.25) is 0 Å². The molecule has 21 heavy (non-hydrogen) atoms. The molecule has 0 amide bonds. The van der Waals surface area contributed by atoms with Gasteiger partial charge in [0.25, 0.3) is 0 Å². The normalized spacial score (nSPS) is 17.7. The van der Waals surface area contributed by atoms with Crippen molar-refractivity contribution < 1.29 is 0 Å². The fraction of sp³-hybridized carbons (Fsp3) is 0.286. The molecule has 1 atom stereocenters. The van der Waals surface area contributed by atoms with Crippen molar-refractivity contribution in [3.8, 4) is 11.5 Å². The summed E-state index contributed by atoms with van der Waals surface area (Å²) in [5, 5.41) is 15.3. The van der Waals surface area contributed by atoms with E-state index in [9.17, 15) is 0 Å². The van der Waals surface area contributed by atoms with Gasteiger partial charge in [-0.25, -0.2) is 4.98 Å². The number of fused-ring (bicyclic) bond motifs is 1. The van der Waals surface area contributed by atoms with Crippen LogP contribution in [0.25, 0.3) is 11.5 Å². The predicted octanol–water partition coefficient (Wildman–Crippen LogP) is 1.80. The van der Waals surface area contributed by atoms with Gasteiger partial charge in [-0.2, -0.15) is 0 Å². The largest absolute Gasteiger partial charge is 0.307 e. The van der Waals surface area contributed by atoms with E-state index >= 15 is 0 Å². The van der Waals surface area contributed by atoms with Crippen LogP contribution >= 0.6 is 11.3 Å². The van der Waals surface area contributed by atoms with E-state index in [0.29, 0.717) is 0 Å². The van der Waals surface area contributed by atoms with Gasteiger partial charge in [0.15, 0.2) is 11.6 Å². The molecule has 0 saturated heterocycles. The van der Waals surface area contributed by atoms with Crippen molar-refractivity contribution in [1.29, 1.82) is 0 Å². The molecule has 4 heterocycles. The zero-order valence-electron chi connectivity index (χ0n) is 11.5. The summed E-state index contributed by atoms with van der Waals surface area (Å²) in [7, 11) is 0. The van der Waals surface area contributed by atoms with Crippen molar-refractivity contribution in [2.24, 2.45) is 0 Å². The first-order valence-electron chi connectivity index (χ1n) is 6.82. The van der Waals surface area contributed by atoms with Crippen LogP contribution in [-0.2, 0) is 6.54 Å². The molecule has 1 aliphatic heterocycles. The van der Waals surface area contributed by atoms with Crippen LogP contribution in [0.1, 0.15) is 22.4 Å². The van der Waals surface area contributed by atoms with Gasteiger partial charge in [-0.1, -0.05) is 6.07 Å². The molecule has 1 unspecified atom stereocenters. The molecule has 3 aromatic heterocycles. The summed E-state index contributed by atoms with van der Waals surface area (Å²) >= 11 is 1.63. The van der Waals surface area contributed by atoms with E-state index in [1.165, 1.54) is 0 Å². The fourth-order valence-corrected chi connectivity index (χ4v) is 3.22. The van der Waals surface area contributed by atoms with Gasteiger partial charge in [0, 0.05) is 30.9 Å². The van der Waals surface area contributed by atoms with Crippen molar-refractivity contribution in [1.82, 2.24) is 30.0 Å². The molecule has 0 bridgehead atoms. The molecule has 106 valence electrons. The lowest BCUT2D eigenvalue weighted by Crippen LogP contribution is -2.34. The Hall–Kier alpha value is -2.12. The third-order valence-corrected chi connectivity index (χ3v) is 4.36. The third-order valence-electron chi connectivity index (χ3n) is 3.59. The molecule has 0 aromatic carbocycles. The molecule has 3 aromatic rings. The molecule has 0 fully saturated rings. The average Bonchev–Trinajstić information content (AvgIpc) is 3.13. The van der Waals surface area contributed by atoms with Crippen molar-refractivity contribution in [3.05, 3.63) is 46.3 Å². The summed E-state index contributed by atoms with van der Waals surface area (Å²) in [5.74, 6) is 1.78. The Labute approximate surface area is 125 Å². The van der Waals surface area contributed by atoms with Crippen LogP contribution in [0.3, 0.4) is 0 Å². The monoisotopic (exact) mass is 298 g/mol. The number of thiazole rings is 1. The summed E-state index contributed by atoms with van der Waals surface area (Å²) in [6.07, 6.45) is 3.65. The highest BCUT2D eigenvalue weighted by Gasteiger charge is 2.27. The molecular formula is C14H14N6S. The highest BCUT2D eigenvalue weighted by Crippen LogP contribution is 2.27. The number of pyridine rings is 1. The smallest absolute Gasteiger partial charge is 0.183 e. The topological polar surface area (TPSA) is 68.5 Å². The zero-order valence-corrected chi connectivity index (χ0v) is 12.3. The Morgan fingerprint density at radius 2 is 2.33 bits per heavy atom. The maximum absolute atomic E-state index is 4.52. The Morgan fingerprint density at radius 3 is 3.10 bits per heavy atom. The fourth-order valence-electron chi connectivity index (χ4n) is 2.63. The van der Waals surface area contributed by atoms with E-state index in [1.54, 1.807) is 17.5 Å². The first-order chi connectivity index (χ1) is 10.3. The number of nitrogens with one attached hydrogen (secondary N) is 1. The van der Waals surface area contributed by atoms with Crippen LogP contribution in [0.5, 0.6) is 0 Å². The second kappa shape index (κ2) is 5.01. The highest BCUT2D eigenvalue weighted by molar-refractivity contribution is 7.09. The van der Waals surface area contributed by atoms with Crippen LogP contribution in [0.15, 0.2) is 29.9 Å². The van der Waals surface area contributed by atoms with E-state index < -0.39 is 0 Å². The second-order valence-corrected chi connectivity index (χ2v) is 6.02. The van der Waals surface area contributed by atoms with Gasteiger partial charge >= 0.3 is 0 Å². The maximum atomic E-state index is 4.52. The molecule has 4 rings (SSSR count). The molecule has 7 heteroatoms. The summed E-state index contributed by atoms with van der Waals surface area (Å²) in [5.41, 5.74) is 2.01. The van der Waals surface area contributed by atoms with Crippen molar-refractivity contribution in [2.75, 3.05) is 6.54 Å². The Balaban J connectivity index is 1.79. The van der Waals surface area contributed by atoms with Gasteiger partial charge in [0.1, 0.15) is 5.69 Å². The van der Waals surface area contributed by atoms with E-state index in [2.05, 4.69) is 36.1 Å². The van der Waals surface area contributed by atoms with Crippen molar-refractivity contribution >= 4 is 11.3 Å². The number of hydrogen-bond donors (Lipinski definition) is 1. The minimum absolute atomic E-state index is 0.0356. The first-order valence-corrected chi connectivity index (χ1v) is 7.70. The number of aromatic nitrogens is 5. The quantitative estimate of drug-likeness (QED) is 0.781. The average molecular weight is 298 g/mol. The minimum Gasteiger partial charge on any atom is -0.307 e. The predicted molar refractivity (Wildman–Crippen MR) is 79.9 cm³/mol. The van der Waals surface area contributed by atoms with E-state index in [1.807, 2.05) is 24.6 Å². The van der Waals surface area contributed by atoms with Gasteiger partial charge in [-0.3, -0.25) is 4.98 Å². The summed E-state index contributed by atoms with van der Waals surface area (Å²) in [4.78, 5) is 8.71. The lowest BCUT2D eigenvalue weighted by Gasteiger charge is -2.24. The van der Waals surface area contributed by atoms with Crippen molar-refractivity contribution in [3.63, 3.8) is 0 Å². The van der Waals surface area contributed by atoms with E-state index in [-0.39, 0.29) is 6.04 Å². The SMILES string of the molecule is Cc1nc(-c2nnc3n2CCNC3c2cccnc2)cs1. The lowest BCUT2D eigenvalue weighted by molar-refractivity contribution is 0.457. The number of rotatable bonds is 2. The minimum atomic E-state index is 0.0356. The molecular weight excluding hydrogens is 284 g/mol. The lowest BCUT2D eigenvalue weighted by atomic mass is 10.1. The number of nitrogens with zero attached hydrogens (tertiary/aromatic N) is 5. The third kappa shape index (κ3) is 2.14. The van der Waals surface area contributed by atoms with Crippen LogP contribution in [-0.4, -0.2) is 31.3 Å². The Kier molecular flexibility index (Phi) is 3.01. The second-order valence-electron chi connectivity index (χ2n) is 4.96. The van der Waals surface area contributed by atoms with E-state index in [4.69, 9.17) is 0 Å². The Bertz CT molecular complexity index is 763. The van der Waals surface area contributed by atoms with Crippen LogP contribution < -0.4 is 5.32 Å². The molecule has 0 aliphatic carbocycles. The number of hydrogen-bond acceptors (Lipinski definition) is 6. The van der Waals surface area contributed by atoms with Gasteiger partial charge in [-0.05, 0) is 18.6 Å². The Morgan fingerprint density at radius 1 is 1.38 bits per heavy atom. The molecule has 0 spiro atoms. The van der Waals surface area contributed by atoms with Crippen LogP contribution in [0, 0.1) is 6.92 Å². The number of aryl methyl sites for hydroxylation is 1. The standard InChI is InChI=1S/C14H14N6S/c1-9-17-11(8-21-9)13-18-19-14-12(16-5-6-20(13)14)10-3-2-4-15-7-10/h2-4,7-8,12,16H,5-6H2,1H3. The van der Waals surface area contributed by atoms with Crippen LogP contribution in [0.4, 0.5) is 0 Å².